The summed E-state index contributed by atoms with van der Waals surface area (Å²) in [6, 6.07) is 3.84. The summed E-state index contributed by atoms with van der Waals surface area (Å²) in [7, 11) is 0. The van der Waals surface area contributed by atoms with E-state index >= 15 is 0 Å². The highest BCUT2D eigenvalue weighted by Crippen LogP contribution is 2.21. The topological polar surface area (TPSA) is 55.1 Å². The number of carbonyl (C=O) groups excluding carboxylic acids is 1. The fourth-order valence-electron chi connectivity index (χ4n) is 1.03. The van der Waals surface area contributed by atoms with Crippen LogP contribution < -0.4 is 11.1 Å². The summed E-state index contributed by atoms with van der Waals surface area (Å²) < 4.78 is 0.785. The average molecular weight is 233 g/mol. The largest absolute Gasteiger partial charge is 0.356 e. The predicted molar refractivity (Wildman–Crippen MR) is 59.7 cm³/mol. The van der Waals surface area contributed by atoms with Gasteiger partial charge in [-0.25, -0.2) is 0 Å². The van der Waals surface area contributed by atoms with Gasteiger partial charge in [-0.2, -0.15) is 0 Å². The maximum atomic E-state index is 11.0. The lowest BCUT2D eigenvalue weighted by Gasteiger charge is -2.01. The van der Waals surface area contributed by atoms with Crippen LogP contribution >= 0.6 is 22.9 Å². The molecule has 78 valence electrons. The van der Waals surface area contributed by atoms with E-state index in [0.717, 1.165) is 10.8 Å². The molecular formula is C9H13ClN2OS. The van der Waals surface area contributed by atoms with E-state index in [2.05, 4.69) is 5.32 Å². The number of carbonyl (C=O) groups is 1. The first-order chi connectivity index (χ1) is 6.72. The Morgan fingerprint density at radius 2 is 2.36 bits per heavy atom. The van der Waals surface area contributed by atoms with Crippen molar-refractivity contribution in [2.24, 2.45) is 5.73 Å². The van der Waals surface area contributed by atoms with Gasteiger partial charge in [-0.1, -0.05) is 11.6 Å². The van der Waals surface area contributed by atoms with Crippen LogP contribution in [0.15, 0.2) is 12.1 Å². The normalized spacial score (nSPS) is 10.1. The van der Waals surface area contributed by atoms with Crippen molar-refractivity contribution in [3.8, 4) is 0 Å². The molecule has 3 N–H and O–H groups in total. The Hall–Kier alpha value is -0.580. The molecule has 1 aromatic rings. The van der Waals surface area contributed by atoms with Crippen molar-refractivity contribution in [2.75, 3.05) is 13.1 Å². The molecule has 0 aliphatic rings. The molecule has 0 fully saturated rings. The smallest absolute Gasteiger partial charge is 0.221 e. The second-order valence-electron chi connectivity index (χ2n) is 2.84. The lowest BCUT2D eigenvalue weighted by atomic mass is 10.3. The molecule has 0 spiro atoms. The number of rotatable bonds is 5. The number of thiophene rings is 1. The summed E-state index contributed by atoms with van der Waals surface area (Å²) in [6.07, 6.45) is 1.22. The van der Waals surface area contributed by atoms with Gasteiger partial charge >= 0.3 is 0 Å². The summed E-state index contributed by atoms with van der Waals surface area (Å²) in [4.78, 5) is 12.2. The number of hydrogen-bond donors (Lipinski definition) is 2. The molecule has 1 rings (SSSR count). The SMILES string of the molecule is NCCC(=O)NCCc1ccc(Cl)s1. The summed E-state index contributed by atoms with van der Waals surface area (Å²) >= 11 is 7.31. The molecular weight excluding hydrogens is 220 g/mol. The third-order valence-corrected chi connectivity index (χ3v) is 2.98. The van der Waals surface area contributed by atoms with Crippen molar-refractivity contribution >= 4 is 28.8 Å². The van der Waals surface area contributed by atoms with Gasteiger partial charge < -0.3 is 11.1 Å². The van der Waals surface area contributed by atoms with Crippen molar-refractivity contribution in [3.63, 3.8) is 0 Å². The van der Waals surface area contributed by atoms with E-state index in [-0.39, 0.29) is 5.91 Å². The zero-order valence-corrected chi connectivity index (χ0v) is 9.33. The Morgan fingerprint density at radius 1 is 1.57 bits per heavy atom. The average Bonchev–Trinajstić information content (AvgIpc) is 2.52. The van der Waals surface area contributed by atoms with Crippen LogP contribution in [0.25, 0.3) is 0 Å². The van der Waals surface area contributed by atoms with E-state index in [1.54, 1.807) is 11.3 Å². The van der Waals surface area contributed by atoms with Gasteiger partial charge in [0.1, 0.15) is 0 Å². The standard InChI is InChI=1S/C9H13ClN2OS/c10-8-2-1-7(14-8)4-6-12-9(13)3-5-11/h1-2H,3-6,11H2,(H,12,13). The highest BCUT2D eigenvalue weighted by Gasteiger charge is 2.00. The molecule has 1 aromatic heterocycles. The second kappa shape index (κ2) is 6.01. The quantitative estimate of drug-likeness (QED) is 0.807. The molecule has 0 bridgehead atoms. The summed E-state index contributed by atoms with van der Waals surface area (Å²) in [5, 5.41) is 2.79. The molecule has 1 amide bonds. The lowest BCUT2D eigenvalue weighted by molar-refractivity contribution is -0.120. The van der Waals surface area contributed by atoms with Gasteiger partial charge in [0.2, 0.25) is 5.91 Å². The molecule has 0 unspecified atom stereocenters. The predicted octanol–water partition coefficient (Wildman–Crippen LogP) is 1.41. The van der Waals surface area contributed by atoms with Crippen molar-refractivity contribution < 1.29 is 4.79 Å². The van der Waals surface area contributed by atoms with E-state index in [1.165, 1.54) is 4.88 Å². The minimum Gasteiger partial charge on any atom is -0.356 e. The van der Waals surface area contributed by atoms with Crippen LogP contribution in [0, 0.1) is 0 Å². The molecule has 0 aliphatic heterocycles. The van der Waals surface area contributed by atoms with Gasteiger partial charge in [0.25, 0.3) is 0 Å². The van der Waals surface area contributed by atoms with Crippen LogP contribution in [-0.2, 0) is 11.2 Å². The monoisotopic (exact) mass is 232 g/mol. The van der Waals surface area contributed by atoms with Gasteiger partial charge in [-0.05, 0) is 18.6 Å². The fraction of sp³-hybridized carbons (Fsp3) is 0.444. The van der Waals surface area contributed by atoms with Crippen molar-refractivity contribution in [1.29, 1.82) is 0 Å². The fourth-order valence-corrected chi connectivity index (χ4v) is 2.12. The van der Waals surface area contributed by atoms with Crippen LogP contribution in [0.4, 0.5) is 0 Å². The van der Waals surface area contributed by atoms with Gasteiger partial charge in [0.05, 0.1) is 4.34 Å². The number of nitrogens with two attached hydrogens (primary N) is 1. The van der Waals surface area contributed by atoms with Crippen LogP contribution in [0.1, 0.15) is 11.3 Å². The molecule has 0 saturated heterocycles. The summed E-state index contributed by atoms with van der Waals surface area (Å²) in [5.41, 5.74) is 5.24. The zero-order chi connectivity index (χ0) is 10.4. The van der Waals surface area contributed by atoms with Crippen molar-refractivity contribution in [2.45, 2.75) is 12.8 Å². The molecule has 3 nitrogen and oxygen atoms in total. The minimum absolute atomic E-state index is 0.00940. The number of nitrogens with one attached hydrogen (secondary N) is 1. The molecule has 0 radical (unpaired) electrons. The van der Waals surface area contributed by atoms with E-state index in [0.29, 0.717) is 19.5 Å². The van der Waals surface area contributed by atoms with Crippen LogP contribution in [-0.4, -0.2) is 19.0 Å². The minimum atomic E-state index is 0.00940. The van der Waals surface area contributed by atoms with E-state index in [9.17, 15) is 4.79 Å². The van der Waals surface area contributed by atoms with E-state index < -0.39 is 0 Å². The van der Waals surface area contributed by atoms with Gasteiger partial charge in [-0.15, -0.1) is 11.3 Å². The molecule has 0 atom stereocenters. The maximum Gasteiger partial charge on any atom is 0.221 e. The van der Waals surface area contributed by atoms with Crippen LogP contribution in [0.2, 0.25) is 4.34 Å². The van der Waals surface area contributed by atoms with E-state index in [1.807, 2.05) is 12.1 Å². The first kappa shape index (κ1) is 11.5. The highest BCUT2D eigenvalue weighted by atomic mass is 35.5. The Bertz CT molecular complexity index is 301. The number of halogens is 1. The molecule has 5 heteroatoms. The Kier molecular flexibility index (Phi) is 4.93. The van der Waals surface area contributed by atoms with Gasteiger partial charge in [-0.3, -0.25) is 4.79 Å². The lowest BCUT2D eigenvalue weighted by Crippen LogP contribution is -2.27. The van der Waals surface area contributed by atoms with Crippen LogP contribution in [0.5, 0.6) is 0 Å². The Morgan fingerprint density at radius 3 is 2.93 bits per heavy atom. The second-order valence-corrected chi connectivity index (χ2v) is 4.64. The van der Waals surface area contributed by atoms with Crippen molar-refractivity contribution in [3.05, 3.63) is 21.3 Å². The first-order valence-electron chi connectivity index (χ1n) is 4.43. The maximum absolute atomic E-state index is 11.0. The van der Waals surface area contributed by atoms with Crippen molar-refractivity contribution in [1.82, 2.24) is 5.32 Å². The van der Waals surface area contributed by atoms with Gasteiger partial charge in [0.15, 0.2) is 0 Å². The zero-order valence-electron chi connectivity index (χ0n) is 7.75. The molecule has 0 saturated carbocycles. The Balaban J connectivity index is 2.18. The third-order valence-electron chi connectivity index (χ3n) is 1.69. The molecule has 1 heterocycles. The summed E-state index contributed by atoms with van der Waals surface area (Å²) in [5.74, 6) is 0.00940. The summed E-state index contributed by atoms with van der Waals surface area (Å²) in [6.45, 7) is 1.05. The third kappa shape index (κ3) is 4.09. The molecule has 14 heavy (non-hydrogen) atoms. The van der Waals surface area contributed by atoms with Gasteiger partial charge in [0, 0.05) is 24.4 Å². The highest BCUT2D eigenvalue weighted by molar-refractivity contribution is 7.16. The van der Waals surface area contributed by atoms with Crippen LogP contribution in [0.3, 0.4) is 0 Å². The Labute approximate surface area is 92.3 Å². The molecule has 0 aliphatic carbocycles. The number of amides is 1. The van der Waals surface area contributed by atoms with E-state index in [4.69, 9.17) is 17.3 Å². The number of hydrogen-bond acceptors (Lipinski definition) is 3. The first-order valence-corrected chi connectivity index (χ1v) is 5.63. The molecule has 0 aromatic carbocycles.